The van der Waals surface area contributed by atoms with Crippen molar-refractivity contribution >= 4 is 5.91 Å². The second-order valence-corrected chi connectivity index (χ2v) is 7.44. The Hall–Kier alpha value is -2.33. The average Bonchev–Trinajstić information content (AvgIpc) is 2.73. The zero-order valence-corrected chi connectivity index (χ0v) is 16.3. The first-order valence-corrected chi connectivity index (χ1v) is 9.87. The highest BCUT2D eigenvalue weighted by atomic mass is 16.5. The van der Waals surface area contributed by atoms with E-state index in [2.05, 4.69) is 17.6 Å². The molecule has 0 bridgehead atoms. The minimum Gasteiger partial charge on any atom is -0.496 e. The van der Waals surface area contributed by atoms with Crippen LogP contribution in [0.3, 0.4) is 0 Å². The topological polar surface area (TPSA) is 50.4 Å². The molecule has 0 radical (unpaired) electrons. The molecule has 2 aromatic carbocycles. The first kappa shape index (κ1) is 19.4. The van der Waals surface area contributed by atoms with Gasteiger partial charge in [0.15, 0.2) is 0 Å². The molecule has 2 aromatic rings. The van der Waals surface area contributed by atoms with Crippen molar-refractivity contribution in [1.29, 1.82) is 0 Å². The van der Waals surface area contributed by atoms with Gasteiger partial charge in [0, 0.05) is 12.0 Å². The summed E-state index contributed by atoms with van der Waals surface area (Å²) in [6.07, 6.45) is 2.95. The molecule has 0 saturated carbocycles. The molecule has 27 heavy (non-hydrogen) atoms. The number of benzene rings is 2. The van der Waals surface area contributed by atoms with E-state index in [1.165, 1.54) is 12.8 Å². The number of ether oxygens (including phenoxy) is 1. The Morgan fingerprint density at radius 3 is 2.63 bits per heavy atom. The van der Waals surface area contributed by atoms with Crippen molar-refractivity contribution in [2.45, 2.75) is 32.2 Å². The number of hydrogen-bond acceptors (Lipinski definition) is 3. The maximum Gasteiger partial charge on any atom is 0.221 e. The number of nitrogens with one attached hydrogen (secondary N) is 2. The summed E-state index contributed by atoms with van der Waals surface area (Å²) in [5.74, 6) is 1.82. The van der Waals surface area contributed by atoms with Gasteiger partial charge in [-0.05, 0) is 49.4 Å². The van der Waals surface area contributed by atoms with E-state index in [-0.39, 0.29) is 11.9 Å². The number of rotatable bonds is 7. The predicted molar refractivity (Wildman–Crippen MR) is 109 cm³/mol. The van der Waals surface area contributed by atoms with E-state index < -0.39 is 0 Å². The van der Waals surface area contributed by atoms with Gasteiger partial charge in [-0.1, -0.05) is 55.5 Å². The van der Waals surface area contributed by atoms with Crippen molar-refractivity contribution in [2.75, 3.05) is 20.2 Å². The Morgan fingerprint density at radius 1 is 1.19 bits per heavy atom. The molecule has 3 unspecified atom stereocenters. The van der Waals surface area contributed by atoms with E-state index in [1.54, 1.807) is 7.11 Å². The van der Waals surface area contributed by atoms with Gasteiger partial charge < -0.3 is 15.4 Å². The molecule has 1 heterocycles. The number of methoxy groups -OCH3 is 1. The Balaban J connectivity index is 1.76. The molecular formula is C23H30N2O2. The van der Waals surface area contributed by atoms with Crippen LogP contribution >= 0.6 is 0 Å². The van der Waals surface area contributed by atoms with E-state index >= 15 is 0 Å². The van der Waals surface area contributed by atoms with Crippen LogP contribution < -0.4 is 15.4 Å². The summed E-state index contributed by atoms with van der Waals surface area (Å²) in [7, 11) is 1.67. The van der Waals surface area contributed by atoms with E-state index in [4.69, 9.17) is 4.74 Å². The predicted octanol–water partition coefficient (Wildman–Crippen LogP) is 3.93. The lowest BCUT2D eigenvalue weighted by Crippen LogP contribution is -2.36. The summed E-state index contributed by atoms with van der Waals surface area (Å²) in [6, 6.07) is 17.8. The summed E-state index contributed by atoms with van der Waals surface area (Å²) >= 11 is 0. The molecule has 4 nitrogen and oxygen atoms in total. The third-order valence-electron chi connectivity index (χ3n) is 5.54. The molecular weight excluding hydrogens is 336 g/mol. The van der Waals surface area contributed by atoms with Crippen LogP contribution in [0.1, 0.15) is 43.4 Å². The van der Waals surface area contributed by atoms with Crippen LogP contribution in [0, 0.1) is 11.8 Å². The number of carbonyl (C=O) groups excluding carboxylic acids is 1. The van der Waals surface area contributed by atoms with Gasteiger partial charge in [0.1, 0.15) is 5.75 Å². The van der Waals surface area contributed by atoms with Gasteiger partial charge in [-0.3, -0.25) is 4.79 Å². The fraction of sp³-hybridized carbons (Fsp3) is 0.435. The molecule has 3 atom stereocenters. The van der Waals surface area contributed by atoms with E-state index in [9.17, 15) is 4.79 Å². The zero-order chi connectivity index (χ0) is 19.1. The van der Waals surface area contributed by atoms with Crippen molar-refractivity contribution in [1.82, 2.24) is 10.6 Å². The molecule has 1 fully saturated rings. The van der Waals surface area contributed by atoms with E-state index in [1.807, 2.05) is 54.6 Å². The van der Waals surface area contributed by atoms with E-state index in [0.717, 1.165) is 30.0 Å². The molecule has 1 saturated heterocycles. The second-order valence-electron chi connectivity index (χ2n) is 7.44. The smallest absolute Gasteiger partial charge is 0.221 e. The lowest BCUT2D eigenvalue weighted by atomic mass is 9.85. The van der Waals surface area contributed by atoms with Gasteiger partial charge in [-0.15, -0.1) is 0 Å². The summed E-state index contributed by atoms with van der Waals surface area (Å²) < 4.78 is 5.55. The Morgan fingerprint density at radius 2 is 1.93 bits per heavy atom. The van der Waals surface area contributed by atoms with Crippen LogP contribution in [0.4, 0.5) is 0 Å². The molecule has 1 amide bonds. The van der Waals surface area contributed by atoms with Crippen LogP contribution in [0.2, 0.25) is 0 Å². The molecule has 3 rings (SSSR count). The average molecular weight is 367 g/mol. The summed E-state index contributed by atoms with van der Waals surface area (Å²) in [6.45, 7) is 4.31. The molecule has 144 valence electrons. The van der Waals surface area contributed by atoms with Gasteiger partial charge in [0.05, 0.1) is 13.2 Å². The van der Waals surface area contributed by atoms with Crippen LogP contribution in [-0.2, 0) is 4.79 Å². The number of hydrogen-bond donors (Lipinski definition) is 2. The minimum atomic E-state index is -0.216. The monoisotopic (exact) mass is 366 g/mol. The highest BCUT2D eigenvalue weighted by Gasteiger charge is 2.25. The fourth-order valence-corrected chi connectivity index (χ4v) is 3.93. The van der Waals surface area contributed by atoms with Crippen LogP contribution in [0.25, 0.3) is 0 Å². The third kappa shape index (κ3) is 5.10. The maximum absolute atomic E-state index is 12.9. The van der Waals surface area contributed by atoms with Gasteiger partial charge in [0.25, 0.3) is 0 Å². The summed E-state index contributed by atoms with van der Waals surface area (Å²) in [5, 5.41) is 6.70. The van der Waals surface area contributed by atoms with Crippen molar-refractivity contribution in [3.05, 3.63) is 65.7 Å². The maximum atomic E-state index is 12.9. The fourth-order valence-electron chi connectivity index (χ4n) is 3.93. The summed E-state index contributed by atoms with van der Waals surface area (Å²) in [5.41, 5.74) is 2.04. The molecule has 0 aliphatic carbocycles. The highest BCUT2D eigenvalue weighted by Crippen LogP contribution is 2.30. The SMILES string of the molecule is COc1ccccc1C(NC(=O)CC(C)C1CCCNC1)c1ccccc1. The zero-order valence-electron chi connectivity index (χ0n) is 16.3. The number of carbonyl (C=O) groups is 1. The Kier molecular flexibility index (Phi) is 6.88. The Labute approximate surface area is 162 Å². The molecule has 1 aliphatic rings. The van der Waals surface area contributed by atoms with Crippen LogP contribution in [0.5, 0.6) is 5.75 Å². The number of para-hydroxylation sites is 1. The van der Waals surface area contributed by atoms with Crippen molar-refractivity contribution in [2.24, 2.45) is 11.8 Å². The van der Waals surface area contributed by atoms with Crippen molar-refractivity contribution in [3.63, 3.8) is 0 Å². The quantitative estimate of drug-likeness (QED) is 0.781. The molecule has 4 heteroatoms. The van der Waals surface area contributed by atoms with Crippen molar-refractivity contribution in [3.8, 4) is 5.75 Å². The van der Waals surface area contributed by atoms with Gasteiger partial charge in [0.2, 0.25) is 5.91 Å². The second kappa shape index (κ2) is 9.56. The molecule has 0 spiro atoms. The van der Waals surface area contributed by atoms with Crippen molar-refractivity contribution < 1.29 is 9.53 Å². The van der Waals surface area contributed by atoms with Gasteiger partial charge in [-0.25, -0.2) is 0 Å². The first-order valence-electron chi connectivity index (χ1n) is 9.87. The normalized spacial score (nSPS) is 19.1. The standard InChI is InChI=1S/C23H30N2O2/c1-17(19-11-8-14-24-16-19)15-22(26)25-23(18-9-4-3-5-10-18)20-12-6-7-13-21(20)27-2/h3-7,9-10,12-13,17,19,23-24H,8,11,14-16H2,1-2H3,(H,25,26). The first-order chi connectivity index (χ1) is 13.2. The van der Waals surface area contributed by atoms with Crippen LogP contribution in [0.15, 0.2) is 54.6 Å². The minimum absolute atomic E-state index is 0.0906. The number of piperidine rings is 1. The summed E-state index contributed by atoms with van der Waals surface area (Å²) in [4.78, 5) is 12.9. The Bertz CT molecular complexity index is 726. The van der Waals surface area contributed by atoms with Gasteiger partial charge >= 0.3 is 0 Å². The van der Waals surface area contributed by atoms with E-state index in [0.29, 0.717) is 18.3 Å². The molecule has 0 aromatic heterocycles. The highest BCUT2D eigenvalue weighted by molar-refractivity contribution is 5.77. The largest absolute Gasteiger partial charge is 0.496 e. The number of amides is 1. The lowest BCUT2D eigenvalue weighted by Gasteiger charge is -2.29. The lowest BCUT2D eigenvalue weighted by molar-refractivity contribution is -0.122. The third-order valence-corrected chi connectivity index (χ3v) is 5.54. The van der Waals surface area contributed by atoms with Gasteiger partial charge in [-0.2, -0.15) is 0 Å². The molecule has 1 aliphatic heterocycles. The molecule has 2 N–H and O–H groups in total. The van der Waals surface area contributed by atoms with Crippen LogP contribution in [-0.4, -0.2) is 26.1 Å².